The van der Waals surface area contributed by atoms with Gasteiger partial charge in [-0.15, -0.1) is 0 Å². The molecule has 6 heteroatoms. The van der Waals surface area contributed by atoms with Crippen LogP contribution in [-0.2, 0) is 0 Å². The van der Waals surface area contributed by atoms with Gasteiger partial charge in [0, 0.05) is 61.0 Å². The van der Waals surface area contributed by atoms with E-state index in [4.69, 9.17) is 9.97 Å². The van der Waals surface area contributed by atoms with Crippen LogP contribution in [0.3, 0.4) is 0 Å². The zero-order chi connectivity index (χ0) is 52.7. The summed E-state index contributed by atoms with van der Waals surface area (Å²) in [6.45, 7) is 0. The van der Waals surface area contributed by atoms with E-state index in [0.29, 0.717) is 0 Å². The highest BCUT2D eigenvalue weighted by Crippen LogP contribution is 2.40. The Labute approximate surface area is 461 Å². The Morgan fingerprint density at radius 3 is 1.21 bits per heavy atom. The summed E-state index contributed by atoms with van der Waals surface area (Å²) in [6.07, 6.45) is 0. The number of benzene rings is 12. The molecule has 0 radical (unpaired) electrons. The predicted octanol–water partition coefficient (Wildman–Crippen LogP) is 18.9. The molecule has 0 aliphatic carbocycles. The first-order valence-corrected chi connectivity index (χ1v) is 27.2. The van der Waals surface area contributed by atoms with Crippen molar-refractivity contribution in [2.75, 3.05) is 0 Å². The van der Waals surface area contributed by atoms with Crippen molar-refractivity contribution in [3.05, 3.63) is 291 Å². The van der Waals surface area contributed by atoms with Crippen molar-refractivity contribution in [1.29, 1.82) is 0 Å². The summed E-state index contributed by atoms with van der Waals surface area (Å²) in [5.74, 6) is 1.81. The lowest BCUT2D eigenvalue weighted by Crippen LogP contribution is -1.97. The van der Waals surface area contributed by atoms with Gasteiger partial charge in [0.15, 0.2) is 0 Å². The van der Waals surface area contributed by atoms with Crippen LogP contribution >= 0.6 is 0 Å². The molecule has 6 nitrogen and oxygen atoms in total. The number of para-hydroxylation sites is 8. The first kappa shape index (κ1) is 45.4. The van der Waals surface area contributed by atoms with Crippen molar-refractivity contribution in [3.8, 4) is 78.9 Å². The van der Waals surface area contributed by atoms with Crippen LogP contribution < -0.4 is 0 Å². The summed E-state index contributed by atoms with van der Waals surface area (Å²) < 4.78 is 9.36. The van der Waals surface area contributed by atoms with Gasteiger partial charge in [0.1, 0.15) is 11.6 Å². The molecule has 0 aliphatic rings. The monoisotopic (exact) mass is 1020 g/mol. The summed E-state index contributed by atoms with van der Waals surface area (Å²) in [6, 6.07) is 105. The lowest BCUT2D eigenvalue weighted by Gasteiger charge is -2.12. The normalized spacial score (nSPS) is 11.8. The molecule has 16 aromatic rings. The quantitative estimate of drug-likeness (QED) is 0.145. The number of hydrogen-bond donors (Lipinski definition) is 0. The van der Waals surface area contributed by atoms with Gasteiger partial charge in [-0.3, -0.25) is 9.13 Å². The van der Waals surface area contributed by atoms with Crippen LogP contribution in [0.2, 0.25) is 0 Å². The van der Waals surface area contributed by atoms with Crippen LogP contribution in [0.4, 0.5) is 0 Å². The van der Waals surface area contributed by atoms with E-state index in [-0.39, 0.29) is 0 Å². The summed E-state index contributed by atoms with van der Waals surface area (Å²) in [7, 11) is 0. The highest BCUT2D eigenvalue weighted by Gasteiger charge is 2.21. The van der Waals surface area contributed by atoms with Crippen LogP contribution in [0.1, 0.15) is 0 Å². The summed E-state index contributed by atoms with van der Waals surface area (Å²) in [5.41, 5.74) is 21.9. The molecular weight excluding hydrogens is 973 g/mol. The lowest BCUT2D eigenvalue weighted by atomic mass is 10.0. The SMILES string of the molecule is c1ccc(-n2c(-c3ccc(-c4ccc5c6ccccc6n(-c6cccc(-c7cccc8c7nc(-c7ccc(-c9cccc(-n%10c%11ccccc%11c%11ccccc%11%10)c9)cc7)n8-c7ccccc7)c6)c5c4)cc3)nc3ccccc32)cc1. The molecule has 0 spiro atoms. The summed E-state index contributed by atoms with van der Waals surface area (Å²) in [4.78, 5) is 10.7. The van der Waals surface area contributed by atoms with Gasteiger partial charge in [-0.05, 0) is 119 Å². The van der Waals surface area contributed by atoms with E-state index in [1.165, 1.54) is 32.6 Å². The molecule has 0 N–H and O–H groups in total. The maximum Gasteiger partial charge on any atom is 0.145 e. The van der Waals surface area contributed by atoms with E-state index >= 15 is 0 Å². The zero-order valence-electron chi connectivity index (χ0n) is 43.4. The molecule has 0 aliphatic heterocycles. The van der Waals surface area contributed by atoms with Crippen molar-refractivity contribution >= 4 is 65.7 Å². The van der Waals surface area contributed by atoms with E-state index < -0.39 is 0 Å². The van der Waals surface area contributed by atoms with Crippen molar-refractivity contribution in [2.45, 2.75) is 0 Å². The Hall–Kier alpha value is -10.8. The number of hydrogen-bond acceptors (Lipinski definition) is 2. The first-order chi connectivity index (χ1) is 39.7. The zero-order valence-corrected chi connectivity index (χ0v) is 43.4. The van der Waals surface area contributed by atoms with Crippen molar-refractivity contribution in [1.82, 2.24) is 28.2 Å². The standard InChI is InChI=1S/C74H48N6/c1-3-20-56(21-4-1)79-69-34-14-10-30-65(69)75-73(79)51-40-38-50(39-41-51)54-44-45-64-63-28-9-13-33-68(63)78(71(64)48-54)59-25-16-19-55(47-59)60-29-17-35-70-72(60)76-74(80(70)57-22-5-2-6-23-57)52-42-36-49(37-43-52)53-18-15-24-58(46-53)77-66-31-11-7-26-61(66)62-27-8-12-32-67(62)77/h1-48H. The second kappa shape index (κ2) is 18.4. The largest absolute Gasteiger partial charge is 0.309 e. The Balaban J connectivity index is 0.772. The molecule has 374 valence electrons. The molecule has 0 saturated heterocycles. The molecule has 4 aromatic heterocycles. The fourth-order valence-corrected chi connectivity index (χ4v) is 12.3. The van der Waals surface area contributed by atoms with Crippen molar-refractivity contribution < 1.29 is 0 Å². The average molecular weight is 1020 g/mol. The van der Waals surface area contributed by atoms with Crippen molar-refractivity contribution in [3.63, 3.8) is 0 Å². The molecular formula is C74H48N6. The second-order valence-electron chi connectivity index (χ2n) is 20.6. The smallest absolute Gasteiger partial charge is 0.145 e. The number of fused-ring (bicyclic) bond motifs is 8. The van der Waals surface area contributed by atoms with Crippen LogP contribution in [0.15, 0.2) is 291 Å². The molecule has 4 heterocycles. The van der Waals surface area contributed by atoms with Gasteiger partial charge in [-0.2, -0.15) is 0 Å². The minimum absolute atomic E-state index is 0.887. The van der Waals surface area contributed by atoms with Gasteiger partial charge in [-0.1, -0.05) is 200 Å². The number of aromatic nitrogens is 6. The summed E-state index contributed by atoms with van der Waals surface area (Å²) in [5, 5.41) is 4.93. The molecule has 12 aromatic carbocycles. The molecule has 0 fully saturated rings. The minimum Gasteiger partial charge on any atom is -0.309 e. The highest BCUT2D eigenvalue weighted by molar-refractivity contribution is 6.11. The fraction of sp³-hybridized carbons (Fsp3) is 0. The maximum absolute atomic E-state index is 5.59. The lowest BCUT2D eigenvalue weighted by molar-refractivity contribution is 1.10. The topological polar surface area (TPSA) is 45.5 Å². The van der Waals surface area contributed by atoms with Crippen molar-refractivity contribution in [2.24, 2.45) is 0 Å². The third-order valence-electron chi connectivity index (χ3n) is 16.0. The van der Waals surface area contributed by atoms with E-state index in [1.807, 2.05) is 0 Å². The van der Waals surface area contributed by atoms with Crippen LogP contribution in [0.25, 0.3) is 145 Å². The minimum atomic E-state index is 0.887. The molecule has 0 atom stereocenters. The van der Waals surface area contributed by atoms with E-state index in [9.17, 15) is 0 Å². The number of imidazole rings is 2. The van der Waals surface area contributed by atoms with Gasteiger partial charge in [0.2, 0.25) is 0 Å². The predicted molar refractivity (Wildman–Crippen MR) is 332 cm³/mol. The van der Waals surface area contributed by atoms with Gasteiger partial charge in [0.25, 0.3) is 0 Å². The van der Waals surface area contributed by atoms with Gasteiger partial charge in [0.05, 0.1) is 44.1 Å². The molecule has 0 unspecified atom stereocenters. The Kier molecular flexibility index (Phi) is 10.5. The Morgan fingerprint density at radius 1 is 0.212 bits per heavy atom. The average Bonchev–Trinajstić information content (AvgIpc) is 4.50. The number of nitrogens with zero attached hydrogens (tertiary/aromatic N) is 6. The first-order valence-electron chi connectivity index (χ1n) is 27.2. The number of rotatable bonds is 9. The summed E-state index contributed by atoms with van der Waals surface area (Å²) >= 11 is 0. The molecule has 0 amide bonds. The van der Waals surface area contributed by atoms with E-state index in [1.54, 1.807) is 0 Å². The highest BCUT2D eigenvalue weighted by atomic mass is 15.1. The second-order valence-corrected chi connectivity index (χ2v) is 20.6. The fourth-order valence-electron chi connectivity index (χ4n) is 12.3. The molecule has 80 heavy (non-hydrogen) atoms. The molecule has 0 bridgehead atoms. The van der Waals surface area contributed by atoms with E-state index in [0.717, 1.165) is 112 Å². The van der Waals surface area contributed by atoms with Crippen LogP contribution in [-0.4, -0.2) is 28.2 Å². The van der Waals surface area contributed by atoms with Gasteiger partial charge < -0.3 is 9.13 Å². The third-order valence-corrected chi connectivity index (χ3v) is 16.0. The molecule has 0 saturated carbocycles. The Bertz CT molecular complexity index is 4990. The van der Waals surface area contributed by atoms with Gasteiger partial charge in [-0.25, -0.2) is 9.97 Å². The van der Waals surface area contributed by atoms with Gasteiger partial charge >= 0.3 is 0 Å². The molecule has 16 rings (SSSR count). The van der Waals surface area contributed by atoms with E-state index in [2.05, 4.69) is 309 Å². The van der Waals surface area contributed by atoms with Crippen LogP contribution in [0, 0.1) is 0 Å². The Morgan fingerprint density at radius 2 is 0.613 bits per heavy atom. The van der Waals surface area contributed by atoms with Crippen LogP contribution in [0.5, 0.6) is 0 Å². The third kappa shape index (κ3) is 7.34. The maximum atomic E-state index is 5.59.